The van der Waals surface area contributed by atoms with Gasteiger partial charge in [-0.15, -0.1) is 0 Å². The first-order valence-electron chi connectivity index (χ1n) is 5.25. The van der Waals surface area contributed by atoms with Gasteiger partial charge in [0.15, 0.2) is 0 Å². The van der Waals surface area contributed by atoms with Crippen LogP contribution in [0, 0.1) is 10.1 Å². The monoisotopic (exact) mass is 238 g/mol. The molecule has 6 nitrogen and oxygen atoms in total. The summed E-state index contributed by atoms with van der Waals surface area (Å²) in [6, 6.07) is 5.30. The third-order valence-corrected chi connectivity index (χ3v) is 2.31. The first kappa shape index (κ1) is 13.1. The summed E-state index contributed by atoms with van der Waals surface area (Å²) in [6.45, 7) is 1.98. The van der Waals surface area contributed by atoms with E-state index in [0.29, 0.717) is 12.0 Å². The highest BCUT2D eigenvalue weighted by Crippen LogP contribution is 2.11. The highest BCUT2D eigenvalue weighted by atomic mass is 16.6. The van der Waals surface area contributed by atoms with Crippen LogP contribution in [0.25, 0.3) is 0 Å². The van der Waals surface area contributed by atoms with Gasteiger partial charge in [0.25, 0.3) is 11.6 Å². The fourth-order valence-electron chi connectivity index (χ4n) is 1.19. The molecule has 1 amide bonds. The fraction of sp³-hybridized carbons (Fsp3) is 0.364. The number of rotatable bonds is 5. The number of amides is 1. The van der Waals surface area contributed by atoms with E-state index < -0.39 is 11.0 Å². The number of nitro benzene ring substituents is 1. The quantitative estimate of drug-likeness (QED) is 0.593. The summed E-state index contributed by atoms with van der Waals surface area (Å²) in [5.41, 5.74) is 0.272. The molecular formula is C11H14N2O4. The molecule has 2 N–H and O–H groups in total. The Morgan fingerprint density at radius 1 is 1.47 bits per heavy atom. The maximum Gasteiger partial charge on any atom is 0.269 e. The summed E-state index contributed by atoms with van der Waals surface area (Å²) in [6.07, 6.45) is -0.0161. The Morgan fingerprint density at radius 3 is 2.53 bits per heavy atom. The van der Waals surface area contributed by atoms with Crippen molar-refractivity contribution in [2.75, 3.05) is 6.54 Å². The van der Waals surface area contributed by atoms with E-state index in [1.165, 1.54) is 24.3 Å². The van der Waals surface area contributed by atoms with E-state index in [1.54, 1.807) is 0 Å². The number of carbonyl (C=O) groups excluding carboxylic acids is 1. The smallest absolute Gasteiger partial charge is 0.269 e. The molecule has 0 aliphatic rings. The predicted octanol–water partition coefficient (Wildman–Crippen LogP) is 1.10. The van der Waals surface area contributed by atoms with Gasteiger partial charge in [-0.05, 0) is 18.6 Å². The Bertz CT molecular complexity index is 402. The van der Waals surface area contributed by atoms with E-state index in [9.17, 15) is 20.0 Å². The van der Waals surface area contributed by atoms with Crippen molar-refractivity contribution in [1.29, 1.82) is 0 Å². The molecule has 1 aromatic carbocycles. The molecule has 17 heavy (non-hydrogen) atoms. The van der Waals surface area contributed by atoms with Crippen LogP contribution in [0.2, 0.25) is 0 Å². The summed E-state index contributed by atoms with van der Waals surface area (Å²) < 4.78 is 0. The van der Waals surface area contributed by atoms with Crippen molar-refractivity contribution >= 4 is 11.6 Å². The molecule has 1 rings (SSSR count). The molecule has 1 unspecified atom stereocenters. The minimum absolute atomic E-state index is 0.0601. The number of nitro groups is 1. The Hall–Kier alpha value is -1.95. The molecule has 0 aromatic heterocycles. The average molecular weight is 238 g/mol. The second kappa shape index (κ2) is 5.95. The molecule has 1 aromatic rings. The van der Waals surface area contributed by atoms with Crippen molar-refractivity contribution in [3.8, 4) is 0 Å². The van der Waals surface area contributed by atoms with Crippen molar-refractivity contribution in [3.05, 3.63) is 39.9 Å². The van der Waals surface area contributed by atoms with Crippen molar-refractivity contribution in [2.24, 2.45) is 0 Å². The number of aliphatic hydroxyl groups is 1. The van der Waals surface area contributed by atoms with Gasteiger partial charge >= 0.3 is 0 Å². The maximum absolute atomic E-state index is 11.6. The molecule has 0 fully saturated rings. The van der Waals surface area contributed by atoms with Crippen LogP contribution < -0.4 is 5.32 Å². The molecule has 0 aliphatic heterocycles. The molecule has 0 heterocycles. The van der Waals surface area contributed by atoms with Gasteiger partial charge in [0.1, 0.15) is 0 Å². The number of hydrogen-bond donors (Lipinski definition) is 2. The predicted molar refractivity (Wildman–Crippen MR) is 61.7 cm³/mol. The van der Waals surface area contributed by atoms with Crippen LogP contribution in [0.4, 0.5) is 5.69 Å². The zero-order valence-electron chi connectivity index (χ0n) is 9.42. The van der Waals surface area contributed by atoms with Crippen LogP contribution in [0.1, 0.15) is 23.7 Å². The van der Waals surface area contributed by atoms with Gasteiger partial charge in [-0.2, -0.15) is 0 Å². The molecule has 0 saturated carbocycles. The van der Waals surface area contributed by atoms with Gasteiger partial charge in [-0.25, -0.2) is 0 Å². The van der Waals surface area contributed by atoms with E-state index in [-0.39, 0.29) is 18.1 Å². The molecule has 0 aliphatic carbocycles. The lowest BCUT2D eigenvalue weighted by Crippen LogP contribution is -2.31. The Kier molecular flexibility index (Phi) is 4.59. The minimum Gasteiger partial charge on any atom is -0.391 e. The van der Waals surface area contributed by atoms with E-state index >= 15 is 0 Å². The molecule has 0 radical (unpaired) electrons. The Morgan fingerprint density at radius 2 is 2.06 bits per heavy atom. The normalized spacial score (nSPS) is 11.9. The second-order valence-electron chi connectivity index (χ2n) is 3.58. The standard InChI is InChI=1S/C11H14N2O4/c1-2-10(14)7-12-11(15)8-3-5-9(6-4-8)13(16)17/h3-6,10,14H,2,7H2,1H3,(H,12,15). The third kappa shape index (κ3) is 3.84. The van der Waals surface area contributed by atoms with Gasteiger partial charge in [-0.3, -0.25) is 14.9 Å². The molecule has 6 heteroatoms. The van der Waals surface area contributed by atoms with Gasteiger partial charge in [0, 0.05) is 24.2 Å². The van der Waals surface area contributed by atoms with E-state index in [2.05, 4.69) is 5.32 Å². The van der Waals surface area contributed by atoms with E-state index in [4.69, 9.17) is 0 Å². The molecule has 0 saturated heterocycles. The number of non-ortho nitro benzene ring substituents is 1. The van der Waals surface area contributed by atoms with Crippen molar-refractivity contribution in [1.82, 2.24) is 5.32 Å². The van der Waals surface area contributed by atoms with Gasteiger partial charge in [0.2, 0.25) is 0 Å². The number of carbonyl (C=O) groups is 1. The highest BCUT2D eigenvalue weighted by Gasteiger charge is 2.10. The summed E-state index contributed by atoms with van der Waals surface area (Å²) in [7, 11) is 0. The summed E-state index contributed by atoms with van der Waals surface area (Å²) >= 11 is 0. The van der Waals surface area contributed by atoms with Gasteiger partial charge in [-0.1, -0.05) is 6.92 Å². The minimum atomic E-state index is -0.572. The van der Waals surface area contributed by atoms with Crippen LogP contribution in [0.3, 0.4) is 0 Å². The van der Waals surface area contributed by atoms with Gasteiger partial charge < -0.3 is 10.4 Å². The zero-order chi connectivity index (χ0) is 12.8. The first-order chi connectivity index (χ1) is 8.04. The third-order valence-electron chi connectivity index (χ3n) is 2.31. The topological polar surface area (TPSA) is 92.5 Å². The number of nitrogens with one attached hydrogen (secondary N) is 1. The number of hydrogen-bond acceptors (Lipinski definition) is 4. The van der Waals surface area contributed by atoms with Crippen molar-refractivity contribution in [2.45, 2.75) is 19.4 Å². The van der Waals surface area contributed by atoms with Crippen LogP contribution in [0.5, 0.6) is 0 Å². The lowest BCUT2D eigenvalue weighted by molar-refractivity contribution is -0.384. The Balaban J connectivity index is 2.61. The fourth-order valence-corrected chi connectivity index (χ4v) is 1.19. The molecule has 1 atom stereocenters. The summed E-state index contributed by atoms with van der Waals surface area (Å²) in [5, 5.41) is 22.2. The van der Waals surface area contributed by atoms with Crippen LogP contribution in [0.15, 0.2) is 24.3 Å². The Labute approximate surface area is 98.4 Å². The average Bonchev–Trinajstić information content (AvgIpc) is 2.35. The molecular weight excluding hydrogens is 224 g/mol. The lowest BCUT2D eigenvalue weighted by Gasteiger charge is -2.09. The summed E-state index contributed by atoms with van der Waals surface area (Å²) in [5.74, 6) is -0.354. The van der Waals surface area contributed by atoms with Crippen molar-refractivity contribution < 1.29 is 14.8 Å². The summed E-state index contributed by atoms with van der Waals surface area (Å²) in [4.78, 5) is 21.4. The van der Waals surface area contributed by atoms with Crippen molar-refractivity contribution in [3.63, 3.8) is 0 Å². The lowest BCUT2D eigenvalue weighted by atomic mass is 10.2. The van der Waals surface area contributed by atoms with Crippen LogP contribution >= 0.6 is 0 Å². The van der Waals surface area contributed by atoms with E-state index in [1.807, 2.05) is 6.92 Å². The van der Waals surface area contributed by atoms with E-state index in [0.717, 1.165) is 0 Å². The largest absolute Gasteiger partial charge is 0.391 e. The number of aliphatic hydroxyl groups excluding tert-OH is 1. The zero-order valence-corrected chi connectivity index (χ0v) is 9.42. The molecule has 0 spiro atoms. The molecule has 0 bridgehead atoms. The first-order valence-corrected chi connectivity index (χ1v) is 5.25. The number of benzene rings is 1. The number of nitrogens with zero attached hydrogens (tertiary/aromatic N) is 1. The highest BCUT2D eigenvalue weighted by molar-refractivity contribution is 5.94. The SMILES string of the molecule is CCC(O)CNC(=O)c1ccc([N+](=O)[O-])cc1. The van der Waals surface area contributed by atoms with Crippen LogP contribution in [-0.2, 0) is 0 Å². The van der Waals surface area contributed by atoms with Gasteiger partial charge in [0.05, 0.1) is 11.0 Å². The second-order valence-corrected chi connectivity index (χ2v) is 3.58. The maximum atomic E-state index is 11.6. The van der Waals surface area contributed by atoms with Crippen LogP contribution in [-0.4, -0.2) is 28.6 Å². The molecule has 92 valence electrons.